The average molecular weight is 645 g/mol. The molecular formula is C28H29IN4O4S. The first-order chi connectivity index (χ1) is 18.0. The van der Waals surface area contributed by atoms with Gasteiger partial charge in [0, 0.05) is 52.4 Å². The van der Waals surface area contributed by atoms with Crippen molar-refractivity contribution in [1.29, 1.82) is 0 Å². The van der Waals surface area contributed by atoms with Crippen LogP contribution in [-0.2, 0) is 20.4 Å². The van der Waals surface area contributed by atoms with E-state index in [4.69, 9.17) is 0 Å². The van der Waals surface area contributed by atoms with Crippen LogP contribution in [0.15, 0.2) is 47.4 Å². The zero-order valence-electron chi connectivity index (χ0n) is 21.5. The van der Waals surface area contributed by atoms with E-state index in [0.717, 1.165) is 33.5 Å². The van der Waals surface area contributed by atoms with Crippen molar-refractivity contribution in [3.63, 3.8) is 0 Å². The number of aromatic nitrogens is 1. The lowest BCUT2D eigenvalue weighted by molar-refractivity contribution is -0.110. The number of likely N-dealkylation sites (N-methyl/N-ethyl adjacent to an activating group) is 1. The number of aryl methyl sites for hydroxylation is 1. The third kappa shape index (κ3) is 5.04. The second kappa shape index (κ2) is 10.3. The molecule has 0 radical (unpaired) electrons. The van der Waals surface area contributed by atoms with Crippen LogP contribution in [0.4, 0.5) is 5.69 Å². The van der Waals surface area contributed by atoms with Crippen molar-refractivity contribution < 1.29 is 18.0 Å². The third-order valence-electron chi connectivity index (χ3n) is 7.21. The van der Waals surface area contributed by atoms with Gasteiger partial charge < -0.3 is 20.1 Å². The fourth-order valence-corrected chi connectivity index (χ4v) is 7.20. The summed E-state index contributed by atoms with van der Waals surface area (Å²) in [4.78, 5) is 33.7. The van der Waals surface area contributed by atoms with Gasteiger partial charge >= 0.3 is 0 Å². The Kier molecular flexibility index (Phi) is 7.23. The molecule has 2 amide bonds. The van der Waals surface area contributed by atoms with Gasteiger partial charge in [-0.15, -0.1) is 0 Å². The first-order valence-corrected chi connectivity index (χ1v) is 15.1. The van der Waals surface area contributed by atoms with Gasteiger partial charge in [0.25, 0.3) is 11.8 Å². The summed E-state index contributed by atoms with van der Waals surface area (Å²) in [7, 11) is -1.60. The molecule has 0 aliphatic carbocycles. The Morgan fingerprint density at radius 3 is 2.50 bits per heavy atom. The van der Waals surface area contributed by atoms with E-state index in [2.05, 4.69) is 37.8 Å². The SMILES string of the molecule is Cc1[nH]c(C=C2C(=O)Nc3ccc(S(=O)(=O)Cc4ccccc4I)cc32)c(C)c1C(=O)N1CCN(C)CC1. The quantitative estimate of drug-likeness (QED) is 0.322. The molecule has 2 aliphatic rings. The minimum Gasteiger partial charge on any atom is -0.358 e. The largest absolute Gasteiger partial charge is 0.358 e. The number of benzene rings is 2. The van der Waals surface area contributed by atoms with Crippen LogP contribution in [0.5, 0.6) is 0 Å². The number of fused-ring (bicyclic) bond motifs is 1. The predicted octanol–water partition coefficient (Wildman–Crippen LogP) is 4.09. The Morgan fingerprint density at radius 2 is 1.79 bits per heavy atom. The number of hydrogen-bond donors (Lipinski definition) is 2. The normalized spacial score (nSPS) is 17.1. The summed E-state index contributed by atoms with van der Waals surface area (Å²) in [6, 6.07) is 12.1. The molecule has 2 aromatic carbocycles. The van der Waals surface area contributed by atoms with Crippen LogP contribution in [0.2, 0.25) is 0 Å². The summed E-state index contributed by atoms with van der Waals surface area (Å²) >= 11 is 2.13. The van der Waals surface area contributed by atoms with E-state index >= 15 is 0 Å². The van der Waals surface area contributed by atoms with Gasteiger partial charge in [-0.1, -0.05) is 18.2 Å². The van der Waals surface area contributed by atoms with Gasteiger partial charge in [0.2, 0.25) is 0 Å². The summed E-state index contributed by atoms with van der Waals surface area (Å²) in [5, 5.41) is 2.83. The highest BCUT2D eigenvalue weighted by Gasteiger charge is 2.29. The van der Waals surface area contributed by atoms with E-state index in [1.165, 1.54) is 6.07 Å². The molecule has 0 unspecified atom stereocenters. The lowest BCUT2D eigenvalue weighted by Gasteiger charge is -2.32. The van der Waals surface area contributed by atoms with E-state index < -0.39 is 9.84 Å². The number of sulfone groups is 1. The second-order valence-electron chi connectivity index (χ2n) is 9.83. The van der Waals surface area contributed by atoms with Crippen molar-refractivity contribution in [2.45, 2.75) is 24.5 Å². The van der Waals surface area contributed by atoms with E-state index in [0.29, 0.717) is 41.2 Å². The van der Waals surface area contributed by atoms with Gasteiger partial charge in [-0.05, 0) is 85.0 Å². The minimum absolute atomic E-state index is 0.0193. The second-order valence-corrected chi connectivity index (χ2v) is 13.0. The van der Waals surface area contributed by atoms with Crippen LogP contribution >= 0.6 is 22.6 Å². The van der Waals surface area contributed by atoms with E-state index in [1.54, 1.807) is 24.3 Å². The Balaban J connectivity index is 1.48. The summed E-state index contributed by atoms with van der Waals surface area (Å²) in [5.41, 5.74) is 4.96. The zero-order chi connectivity index (χ0) is 27.2. The lowest BCUT2D eigenvalue weighted by Crippen LogP contribution is -2.47. The number of nitrogens with zero attached hydrogens (tertiary/aromatic N) is 2. The molecule has 38 heavy (non-hydrogen) atoms. The van der Waals surface area contributed by atoms with Crippen molar-refractivity contribution in [1.82, 2.24) is 14.8 Å². The van der Waals surface area contributed by atoms with Crippen LogP contribution < -0.4 is 5.32 Å². The minimum atomic E-state index is -3.64. The number of H-pyrrole nitrogens is 1. The highest BCUT2D eigenvalue weighted by atomic mass is 127. The van der Waals surface area contributed by atoms with Crippen LogP contribution in [0.25, 0.3) is 11.6 Å². The third-order valence-corrected chi connectivity index (χ3v) is 9.92. The first kappa shape index (κ1) is 26.6. The van der Waals surface area contributed by atoms with Gasteiger partial charge in [0.1, 0.15) is 0 Å². The fourth-order valence-electron chi connectivity index (χ4n) is 4.96. The number of anilines is 1. The maximum absolute atomic E-state index is 13.3. The fraction of sp³-hybridized carbons (Fsp3) is 0.286. The molecule has 3 aromatic rings. The van der Waals surface area contributed by atoms with Crippen molar-refractivity contribution in [2.24, 2.45) is 0 Å². The number of rotatable bonds is 5. The van der Waals surface area contributed by atoms with Gasteiger partial charge in [0.15, 0.2) is 9.84 Å². The number of carbonyl (C=O) groups is 2. The number of nitrogens with one attached hydrogen (secondary N) is 2. The van der Waals surface area contributed by atoms with E-state index in [9.17, 15) is 18.0 Å². The number of carbonyl (C=O) groups excluding carboxylic acids is 2. The van der Waals surface area contributed by atoms with Crippen LogP contribution in [-0.4, -0.2) is 68.2 Å². The van der Waals surface area contributed by atoms with Crippen molar-refractivity contribution >= 4 is 61.6 Å². The summed E-state index contributed by atoms with van der Waals surface area (Å²) in [5.74, 6) is -0.460. The molecule has 0 spiro atoms. The van der Waals surface area contributed by atoms with Crippen LogP contribution in [0, 0.1) is 17.4 Å². The Hall–Kier alpha value is -2.96. The molecule has 1 aromatic heterocycles. The standard InChI is InChI=1S/C28H29IN4O4S/c1-17-25(30-18(2)26(17)28(35)33-12-10-32(3)11-13-33)15-22-21-14-20(8-9-24(21)31-27(22)34)38(36,37)16-19-6-4-5-7-23(19)29/h4-9,14-15,30H,10-13,16H2,1-3H3,(H,31,34). The monoisotopic (exact) mass is 644 g/mol. The summed E-state index contributed by atoms with van der Waals surface area (Å²) < 4.78 is 27.4. The first-order valence-electron chi connectivity index (χ1n) is 12.4. The number of piperazine rings is 1. The molecule has 2 aliphatic heterocycles. The zero-order valence-corrected chi connectivity index (χ0v) is 24.4. The van der Waals surface area contributed by atoms with Gasteiger partial charge in [0.05, 0.1) is 21.8 Å². The molecular weight excluding hydrogens is 615 g/mol. The van der Waals surface area contributed by atoms with Crippen molar-refractivity contribution in [3.05, 3.63) is 79.7 Å². The Labute approximate surface area is 236 Å². The lowest BCUT2D eigenvalue weighted by atomic mass is 10.0. The van der Waals surface area contributed by atoms with Crippen LogP contribution in [0.3, 0.4) is 0 Å². The summed E-state index contributed by atoms with van der Waals surface area (Å²) in [6.45, 7) is 6.73. The van der Waals surface area contributed by atoms with Gasteiger partial charge in [-0.3, -0.25) is 9.59 Å². The van der Waals surface area contributed by atoms with Gasteiger partial charge in [-0.25, -0.2) is 8.42 Å². The maximum Gasteiger partial charge on any atom is 0.256 e. The molecule has 0 bridgehead atoms. The molecule has 8 nitrogen and oxygen atoms in total. The molecule has 0 saturated carbocycles. The van der Waals surface area contributed by atoms with Crippen molar-refractivity contribution in [2.75, 3.05) is 38.5 Å². The molecule has 1 saturated heterocycles. The van der Waals surface area contributed by atoms with Crippen molar-refractivity contribution in [3.8, 4) is 0 Å². The number of amides is 2. The number of hydrogen-bond acceptors (Lipinski definition) is 5. The molecule has 2 N–H and O–H groups in total. The maximum atomic E-state index is 13.3. The molecule has 0 atom stereocenters. The van der Waals surface area contributed by atoms with Gasteiger partial charge in [-0.2, -0.15) is 0 Å². The number of aromatic amines is 1. The Morgan fingerprint density at radius 1 is 1.08 bits per heavy atom. The predicted molar refractivity (Wildman–Crippen MR) is 157 cm³/mol. The molecule has 198 valence electrons. The Bertz CT molecular complexity index is 1580. The average Bonchev–Trinajstić information content (AvgIpc) is 3.34. The molecule has 10 heteroatoms. The smallest absolute Gasteiger partial charge is 0.256 e. The van der Waals surface area contributed by atoms with Crippen LogP contribution in [0.1, 0.15) is 38.4 Å². The summed E-state index contributed by atoms with van der Waals surface area (Å²) in [6.07, 6.45) is 1.71. The molecule has 5 rings (SSSR count). The van der Waals surface area contributed by atoms with E-state index in [1.807, 2.05) is 44.0 Å². The highest BCUT2D eigenvalue weighted by Crippen LogP contribution is 2.36. The molecule has 1 fully saturated rings. The number of halogens is 1. The van der Waals surface area contributed by atoms with E-state index in [-0.39, 0.29) is 22.5 Å². The topological polar surface area (TPSA) is 103 Å². The highest BCUT2D eigenvalue weighted by molar-refractivity contribution is 14.1. The molecule has 3 heterocycles.